The summed E-state index contributed by atoms with van der Waals surface area (Å²) < 4.78 is 0. The van der Waals surface area contributed by atoms with Gasteiger partial charge in [0.2, 0.25) is 0 Å². The topological polar surface area (TPSA) is 28.5 Å². The molecule has 0 aromatic heterocycles. The molecule has 0 rings (SSSR count). The normalized spacial score (nSPS) is 0. The first kappa shape index (κ1) is 49.9. The maximum atomic E-state index is 0. The van der Waals surface area contributed by atoms with E-state index in [2.05, 4.69) is 0 Å². The van der Waals surface area contributed by atoms with Gasteiger partial charge in [0.25, 0.3) is 0 Å². The molecule has 0 N–H and O–H groups in total. The molecule has 1 nitrogen and oxygen atoms in total. The summed E-state index contributed by atoms with van der Waals surface area (Å²) in [4.78, 5) is 0. The van der Waals surface area contributed by atoms with Gasteiger partial charge in [0, 0.05) is 57.0 Å². The van der Waals surface area contributed by atoms with E-state index < -0.39 is 0 Å². The van der Waals surface area contributed by atoms with Crippen LogP contribution in [-0.2, 0) is 27.2 Å². The minimum Gasteiger partial charge on any atom is 0 e. The molecule has 0 aliphatic rings. The summed E-state index contributed by atoms with van der Waals surface area (Å²) in [5.74, 6) is 0. The van der Waals surface area contributed by atoms with Crippen molar-refractivity contribution in [2.75, 3.05) is 0 Å². The van der Waals surface area contributed by atoms with Gasteiger partial charge < -0.3 is 0 Å². The van der Waals surface area contributed by atoms with E-state index in [1.165, 1.54) is 0 Å². The Hall–Kier alpha value is 1.49. The molecular weight excluding hydrogens is 98.9 g/mol. The van der Waals surface area contributed by atoms with Gasteiger partial charge in [-0.25, -0.2) is 0 Å². The van der Waals surface area contributed by atoms with Gasteiger partial charge in [-0.1, -0.05) is 0 Å². The van der Waals surface area contributed by atoms with Crippen LogP contribution in [0.4, 0.5) is 0 Å². The van der Waals surface area contributed by atoms with Crippen LogP contribution in [-0.4, -0.2) is 29.8 Å². The molecule has 0 amide bonds. The second-order valence-corrected chi connectivity index (χ2v) is 0. The van der Waals surface area contributed by atoms with Gasteiger partial charge >= 0.3 is 0 Å². The van der Waals surface area contributed by atoms with Crippen molar-refractivity contribution in [1.82, 2.24) is 0 Å². The van der Waals surface area contributed by atoms with Crippen LogP contribution in [0.5, 0.6) is 0 Å². The zero-order valence-corrected chi connectivity index (χ0v) is 4.97. The average Bonchev–Trinajstić information content (AvgIpc) is 0. The standard InChI is InChI=1S/Li.O.Si.Ti. The monoisotopic (exact) mass is 98.9 g/mol. The minimum atomic E-state index is 0. The second-order valence-electron chi connectivity index (χ2n) is 0. The molecule has 0 fully saturated rings. The van der Waals surface area contributed by atoms with E-state index in [1.54, 1.807) is 0 Å². The van der Waals surface area contributed by atoms with Crippen molar-refractivity contribution < 1.29 is 27.2 Å². The van der Waals surface area contributed by atoms with E-state index >= 15 is 0 Å². The fraction of sp³-hybridized carbons (Fsp3) is 0. The summed E-state index contributed by atoms with van der Waals surface area (Å²) in [5, 5.41) is 0. The molecule has 0 saturated heterocycles. The van der Waals surface area contributed by atoms with Gasteiger partial charge in [-0.2, -0.15) is 0 Å². The summed E-state index contributed by atoms with van der Waals surface area (Å²) in [6.07, 6.45) is 0. The Labute approximate surface area is 56.9 Å². The van der Waals surface area contributed by atoms with Gasteiger partial charge in [-0.3, -0.25) is 0 Å². The Morgan fingerprint density at radius 2 is 1.00 bits per heavy atom. The molecule has 4 heteroatoms. The van der Waals surface area contributed by atoms with Crippen molar-refractivity contribution in [2.24, 2.45) is 0 Å². The molecule has 0 bridgehead atoms. The van der Waals surface area contributed by atoms with Crippen LogP contribution in [0.2, 0.25) is 0 Å². The summed E-state index contributed by atoms with van der Waals surface area (Å²) in [6, 6.07) is 0. The van der Waals surface area contributed by atoms with Crippen molar-refractivity contribution in [1.29, 1.82) is 0 Å². The Morgan fingerprint density at radius 3 is 1.00 bits per heavy atom. The van der Waals surface area contributed by atoms with Crippen molar-refractivity contribution in [3.05, 3.63) is 0 Å². The van der Waals surface area contributed by atoms with Gasteiger partial charge in [0.05, 0.1) is 0 Å². The van der Waals surface area contributed by atoms with E-state index in [9.17, 15) is 0 Å². The molecule has 4 heavy (non-hydrogen) atoms. The van der Waals surface area contributed by atoms with Gasteiger partial charge in [0.15, 0.2) is 0 Å². The summed E-state index contributed by atoms with van der Waals surface area (Å²) in [7, 11) is 0. The van der Waals surface area contributed by atoms with Crippen molar-refractivity contribution in [3.8, 4) is 0 Å². The maximum absolute atomic E-state index is 0. The average molecular weight is 98.9 g/mol. The SMILES string of the molecule is [Li].[O].[Si].[Ti]. The molecule has 0 atom stereocenters. The molecular formula is LiOSiTi. The van der Waals surface area contributed by atoms with E-state index in [-0.39, 0.29) is 57.0 Å². The predicted molar refractivity (Wildman–Crippen MR) is 12.2 cm³/mol. The van der Waals surface area contributed by atoms with Crippen molar-refractivity contribution in [3.63, 3.8) is 0 Å². The molecule has 0 aromatic rings. The van der Waals surface area contributed by atoms with E-state index in [4.69, 9.17) is 0 Å². The summed E-state index contributed by atoms with van der Waals surface area (Å²) in [6.45, 7) is 0. The maximum Gasteiger partial charge on any atom is 0 e. The Bertz CT molecular complexity index is 8.00. The van der Waals surface area contributed by atoms with E-state index in [1.807, 2.05) is 0 Å². The summed E-state index contributed by atoms with van der Waals surface area (Å²) in [5.41, 5.74) is 0. The molecule has 0 saturated carbocycles. The van der Waals surface area contributed by atoms with Crippen LogP contribution < -0.4 is 0 Å². The zero-order valence-electron chi connectivity index (χ0n) is 2.41. The van der Waals surface area contributed by atoms with Crippen LogP contribution >= 0.6 is 0 Å². The molecule has 15 valence electrons. The van der Waals surface area contributed by atoms with E-state index in [0.717, 1.165) is 0 Å². The van der Waals surface area contributed by atoms with Gasteiger partial charge in [0.1, 0.15) is 0 Å². The van der Waals surface area contributed by atoms with Crippen molar-refractivity contribution in [2.45, 2.75) is 0 Å². The number of rotatable bonds is 0. The fourth-order valence-electron chi connectivity index (χ4n) is 0. The summed E-state index contributed by atoms with van der Waals surface area (Å²) >= 11 is 0. The third-order valence-electron chi connectivity index (χ3n) is 0. The Kier molecular flexibility index (Phi) is 308. The third kappa shape index (κ3) is 9.75. The van der Waals surface area contributed by atoms with Crippen molar-refractivity contribution >= 4 is 29.8 Å². The minimum absolute atomic E-state index is 0. The molecule has 7 radical (unpaired) electrons. The quantitative estimate of drug-likeness (QED) is 0.353. The van der Waals surface area contributed by atoms with Crippen LogP contribution in [0.1, 0.15) is 0 Å². The van der Waals surface area contributed by atoms with Crippen LogP contribution in [0.15, 0.2) is 0 Å². The Morgan fingerprint density at radius 1 is 1.00 bits per heavy atom. The van der Waals surface area contributed by atoms with Crippen LogP contribution in [0.25, 0.3) is 0 Å². The third-order valence-corrected chi connectivity index (χ3v) is 0. The first-order valence-corrected chi connectivity index (χ1v) is 0. The van der Waals surface area contributed by atoms with Crippen LogP contribution in [0, 0.1) is 0 Å². The van der Waals surface area contributed by atoms with Gasteiger partial charge in [-0.15, -0.1) is 0 Å². The fourth-order valence-corrected chi connectivity index (χ4v) is 0. The largest absolute Gasteiger partial charge is 0 e. The molecule has 0 unspecified atom stereocenters. The smallest absolute Gasteiger partial charge is 0 e. The van der Waals surface area contributed by atoms with E-state index in [0.29, 0.717) is 0 Å². The molecule has 0 heterocycles. The molecule has 0 aliphatic carbocycles. The molecule has 0 aromatic carbocycles. The first-order valence-electron chi connectivity index (χ1n) is 0. The van der Waals surface area contributed by atoms with Crippen LogP contribution in [0.3, 0.4) is 0 Å². The van der Waals surface area contributed by atoms with Gasteiger partial charge in [-0.05, 0) is 0 Å². The predicted octanol–water partition coefficient (Wildman–Crippen LogP) is -0.883. The Balaban J connectivity index is 0. The molecule has 0 spiro atoms. The molecule has 0 aliphatic heterocycles. The number of hydrogen-bond acceptors (Lipinski definition) is 0. The first-order chi connectivity index (χ1) is 0. The zero-order chi connectivity index (χ0) is 0. The number of hydrogen-bond donors (Lipinski definition) is 0. The second kappa shape index (κ2) is 24.7.